The fraction of sp³-hybridized carbons (Fsp3) is 0.133. The number of hydrogen-bond donors (Lipinski definition) is 1. The van der Waals surface area contributed by atoms with E-state index in [1.807, 2.05) is 0 Å². The number of hydrazone groups is 1. The molecule has 23 heavy (non-hydrogen) atoms. The van der Waals surface area contributed by atoms with Crippen molar-refractivity contribution in [1.29, 1.82) is 0 Å². The first-order valence-corrected chi connectivity index (χ1v) is 8.35. The van der Waals surface area contributed by atoms with Gasteiger partial charge in [0.05, 0.1) is 30.4 Å². The molecular weight excluding hydrogens is 340 g/mol. The van der Waals surface area contributed by atoms with Crippen molar-refractivity contribution in [3.05, 3.63) is 53.1 Å². The number of nitrogens with zero attached hydrogens (tertiary/aromatic N) is 1. The molecule has 0 aliphatic rings. The van der Waals surface area contributed by atoms with Gasteiger partial charge in [0.1, 0.15) is 0 Å². The largest absolute Gasteiger partial charge is 0.493 e. The molecule has 0 aliphatic heterocycles. The van der Waals surface area contributed by atoms with E-state index in [0.29, 0.717) is 22.1 Å². The van der Waals surface area contributed by atoms with Crippen molar-refractivity contribution in [2.24, 2.45) is 5.10 Å². The summed E-state index contributed by atoms with van der Waals surface area (Å²) in [5.41, 5.74) is 0.559. The Labute approximate surface area is 139 Å². The number of hydrogen-bond acceptors (Lipinski definition) is 5. The number of halogens is 1. The van der Waals surface area contributed by atoms with Crippen LogP contribution in [0.2, 0.25) is 5.02 Å². The van der Waals surface area contributed by atoms with E-state index in [9.17, 15) is 8.42 Å². The van der Waals surface area contributed by atoms with Crippen LogP contribution >= 0.6 is 11.6 Å². The summed E-state index contributed by atoms with van der Waals surface area (Å²) in [5.74, 6) is 0.823. The van der Waals surface area contributed by atoms with E-state index in [4.69, 9.17) is 21.1 Å². The van der Waals surface area contributed by atoms with Gasteiger partial charge in [-0.15, -0.1) is 0 Å². The normalized spacial score (nSPS) is 11.4. The Bertz CT molecular complexity index is 808. The molecule has 0 bridgehead atoms. The maximum absolute atomic E-state index is 12.0. The molecule has 0 aromatic heterocycles. The molecule has 0 aliphatic carbocycles. The molecule has 0 radical (unpaired) electrons. The van der Waals surface area contributed by atoms with Crippen molar-refractivity contribution in [3.63, 3.8) is 0 Å². The Morgan fingerprint density at radius 3 is 2.43 bits per heavy atom. The average Bonchev–Trinajstić information content (AvgIpc) is 2.55. The van der Waals surface area contributed by atoms with Crippen molar-refractivity contribution in [1.82, 2.24) is 4.83 Å². The number of rotatable bonds is 6. The summed E-state index contributed by atoms with van der Waals surface area (Å²) in [5, 5.41) is 4.08. The quantitative estimate of drug-likeness (QED) is 0.639. The molecule has 0 amide bonds. The molecule has 1 N–H and O–H groups in total. The second kappa shape index (κ2) is 7.34. The topological polar surface area (TPSA) is 77.0 Å². The van der Waals surface area contributed by atoms with E-state index in [1.54, 1.807) is 30.3 Å². The van der Waals surface area contributed by atoms with Crippen molar-refractivity contribution in [2.45, 2.75) is 4.90 Å². The molecule has 0 saturated carbocycles. The third kappa shape index (κ3) is 4.14. The zero-order valence-corrected chi connectivity index (χ0v) is 14.1. The first kappa shape index (κ1) is 17.1. The summed E-state index contributed by atoms with van der Waals surface area (Å²) in [6.45, 7) is 0. The molecule has 0 spiro atoms. The molecule has 6 nitrogen and oxygen atoms in total. The summed E-state index contributed by atoms with van der Waals surface area (Å²) in [6, 6.07) is 11.2. The fourth-order valence-corrected chi connectivity index (χ4v) is 2.94. The highest BCUT2D eigenvalue weighted by Crippen LogP contribution is 2.35. The lowest BCUT2D eigenvalue weighted by Crippen LogP contribution is -2.18. The third-order valence-electron chi connectivity index (χ3n) is 2.90. The zero-order chi connectivity index (χ0) is 16.9. The van der Waals surface area contributed by atoms with Gasteiger partial charge in [0.15, 0.2) is 11.5 Å². The van der Waals surface area contributed by atoms with E-state index in [-0.39, 0.29) is 4.90 Å². The summed E-state index contributed by atoms with van der Waals surface area (Å²) >= 11 is 6.07. The lowest BCUT2D eigenvalue weighted by atomic mass is 10.2. The number of sulfonamides is 1. The number of ether oxygens (including phenoxy) is 2. The van der Waals surface area contributed by atoms with Crippen LogP contribution in [0.5, 0.6) is 11.5 Å². The summed E-state index contributed by atoms with van der Waals surface area (Å²) in [7, 11) is -0.749. The van der Waals surface area contributed by atoms with Crippen LogP contribution in [0.25, 0.3) is 0 Å². The molecule has 0 saturated heterocycles. The average molecular weight is 355 g/mol. The number of methoxy groups -OCH3 is 2. The van der Waals surface area contributed by atoms with Crippen molar-refractivity contribution in [3.8, 4) is 11.5 Å². The van der Waals surface area contributed by atoms with Gasteiger partial charge in [0.2, 0.25) is 0 Å². The number of benzene rings is 2. The minimum absolute atomic E-state index is 0.127. The van der Waals surface area contributed by atoms with Crippen LogP contribution in [-0.4, -0.2) is 28.9 Å². The van der Waals surface area contributed by atoms with Gasteiger partial charge in [0.25, 0.3) is 10.0 Å². The molecule has 0 unspecified atom stereocenters. The van der Waals surface area contributed by atoms with Gasteiger partial charge in [-0.05, 0) is 29.8 Å². The molecule has 2 rings (SSSR count). The summed E-state index contributed by atoms with van der Waals surface area (Å²) < 4.78 is 34.3. The highest BCUT2D eigenvalue weighted by Gasteiger charge is 2.12. The molecule has 0 atom stereocenters. The highest BCUT2D eigenvalue weighted by molar-refractivity contribution is 7.89. The molecule has 2 aromatic carbocycles. The Morgan fingerprint density at radius 1 is 1.13 bits per heavy atom. The van der Waals surface area contributed by atoms with Crippen molar-refractivity contribution in [2.75, 3.05) is 14.2 Å². The van der Waals surface area contributed by atoms with Gasteiger partial charge in [0, 0.05) is 0 Å². The zero-order valence-electron chi connectivity index (χ0n) is 12.5. The van der Waals surface area contributed by atoms with E-state index in [0.717, 1.165) is 0 Å². The third-order valence-corrected chi connectivity index (χ3v) is 4.42. The van der Waals surface area contributed by atoms with Crippen LogP contribution in [0.1, 0.15) is 5.56 Å². The Balaban J connectivity index is 2.20. The molecule has 8 heteroatoms. The molecule has 122 valence electrons. The van der Waals surface area contributed by atoms with Gasteiger partial charge in [-0.1, -0.05) is 29.8 Å². The SMILES string of the molecule is COc1cc(/C=N\NS(=O)(=O)c2ccccc2)cc(Cl)c1OC. The van der Waals surface area contributed by atoms with Crippen LogP contribution in [0, 0.1) is 0 Å². The Hall–Kier alpha value is -2.25. The minimum Gasteiger partial charge on any atom is -0.493 e. The molecule has 0 fully saturated rings. The first-order valence-electron chi connectivity index (χ1n) is 6.49. The first-order chi connectivity index (χ1) is 11.0. The van der Waals surface area contributed by atoms with Crippen molar-refractivity contribution >= 4 is 27.8 Å². The second-order valence-electron chi connectivity index (χ2n) is 4.40. The van der Waals surface area contributed by atoms with Gasteiger partial charge in [-0.2, -0.15) is 13.5 Å². The Morgan fingerprint density at radius 2 is 1.83 bits per heavy atom. The highest BCUT2D eigenvalue weighted by atomic mass is 35.5. The summed E-state index contributed by atoms with van der Waals surface area (Å²) in [4.78, 5) is 2.26. The predicted molar refractivity (Wildman–Crippen MR) is 88.9 cm³/mol. The van der Waals surface area contributed by atoms with E-state index >= 15 is 0 Å². The van der Waals surface area contributed by atoms with Gasteiger partial charge >= 0.3 is 0 Å². The Kier molecular flexibility index (Phi) is 5.46. The molecular formula is C15H15ClN2O4S. The maximum Gasteiger partial charge on any atom is 0.276 e. The van der Waals surface area contributed by atoms with Crippen LogP contribution in [0.4, 0.5) is 0 Å². The van der Waals surface area contributed by atoms with E-state index in [1.165, 1.54) is 32.6 Å². The van der Waals surface area contributed by atoms with Crippen molar-refractivity contribution < 1.29 is 17.9 Å². The van der Waals surface area contributed by atoms with E-state index in [2.05, 4.69) is 9.93 Å². The fourth-order valence-electron chi connectivity index (χ4n) is 1.84. The van der Waals surface area contributed by atoms with Crippen LogP contribution in [0.3, 0.4) is 0 Å². The van der Waals surface area contributed by atoms with Crippen LogP contribution in [-0.2, 0) is 10.0 Å². The standard InChI is InChI=1S/C15H15ClN2O4S/c1-21-14-9-11(8-13(16)15(14)22-2)10-17-18-23(19,20)12-6-4-3-5-7-12/h3-10,18H,1-2H3/b17-10-. The lowest BCUT2D eigenvalue weighted by Gasteiger charge is -2.10. The monoisotopic (exact) mass is 354 g/mol. The van der Waals surface area contributed by atoms with Gasteiger partial charge in [-0.3, -0.25) is 0 Å². The lowest BCUT2D eigenvalue weighted by molar-refractivity contribution is 0.355. The maximum atomic E-state index is 12.0. The smallest absolute Gasteiger partial charge is 0.276 e. The van der Waals surface area contributed by atoms with E-state index < -0.39 is 10.0 Å². The van der Waals surface area contributed by atoms with Crippen LogP contribution < -0.4 is 14.3 Å². The predicted octanol–water partition coefficient (Wildman–Crippen LogP) is 2.67. The van der Waals surface area contributed by atoms with Crippen LogP contribution in [0.15, 0.2) is 52.5 Å². The minimum atomic E-state index is -3.71. The molecule has 0 heterocycles. The summed E-state index contributed by atoms with van der Waals surface area (Å²) in [6.07, 6.45) is 1.33. The van der Waals surface area contributed by atoms with Gasteiger partial charge in [-0.25, -0.2) is 4.83 Å². The molecule has 2 aromatic rings. The second-order valence-corrected chi connectivity index (χ2v) is 6.47. The number of nitrogens with one attached hydrogen (secondary N) is 1. The van der Waals surface area contributed by atoms with Gasteiger partial charge < -0.3 is 9.47 Å².